The van der Waals surface area contributed by atoms with E-state index >= 15 is 0 Å². The molecule has 0 fully saturated rings. The summed E-state index contributed by atoms with van der Waals surface area (Å²) in [4.78, 5) is 0. The molecule has 0 atom stereocenters. The standard InChI is InChI=1S/C11H9F2N/c1-8-6-9(4-2-3-5-14)11(13)7-10(8)12/h2,4,6-7H,3H2,1H3. The highest BCUT2D eigenvalue weighted by molar-refractivity contribution is 5.51. The molecule has 0 saturated heterocycles. The number of hydrogen-bond acceptors (Lipinski definition) is 1. The maximum absolute atomic E-state index is 13.1. The third-order valence-electron chi connectivity index (χ3n) is 1.78. The van der Waals surface area contributed by atoms with Crippen LogP contribution >= 0.6 is 0 Å². The molecule has 0 unspecified atom stereocenters. The van der Waals surface area contributed by atoms with Gasteiger partial charge in [-0.05, 0) is 18.6 Å². The Labute approximate surface area is 81.3 Å². The van der Waals surface area contributed by atoms with E-state index in [1.54, 1.807) is 6.92 Å². The first-order valence-electron chi connectivity index (χ1n) is 4.14. The van der Waals surface area contributed by atoms with Gasteiger partial charge in [0.1, 0.15) is 11.6 Å². The van der Waals surface area contributed by atoms with E-state index in [1.807, 2.05) is 6.07 Å². The van der Waals surface area contributed by atoms with Crippen molar-refractivity contribution in [2.45, 2.75) is 13.3 Å². The molecule has 0 saturated carbocycles. The molecule has 0 N–H and O–H groups in total. The predicted molar refractivity (Wildman–Crippen MR) is 50.4 cm³/mol. The number of allylic oxidation sites excluding steroid dienone is 1. The van der Waals surface area contributed by atoms with Crippen molar-refractivity contribution >= 4 is 6.08 Å². The van der Waals surface area contributed by atoms with Gasteiger partial charge in [0, 0.05) is 11.6 Å². The number of benzene rings is 1. The van der Waals surface area contributed by atoms with E-state index in [-0.39, 0.29) is 6.42 Å². The van der Waals surface area contributed by atoms with Gasteiger partial charge in [-0.1, -0.05) is 12.2 Å². The number of hydrogen-bond donors (Lipinski definition) is 0. The molecule has 3 heteroatoms. The molecule has 0 aromatic heterocycles. The lowest BCUT2D eigenvalue weighted by Crippen LogP contribution is -1.88. The van der Waals surface area contributed by atoms with Gasteiger partial charge in [-0.25, -0.2) is 8.78 Å². The minimum absolute atomic E-state index is 0.218. The molecule has 1 aromatic carbocycles. The third-order valence-corrected chi connectivity index (χ3v) is 1.78. The molecule has 1 nitrogen and oxygen atoms in total. The molecule has 1 aromatic rings. The van der Waals surface area contributed by atoms with E-state index in [0.717, 1.165) is 6.07 Å². The fourth-order valence-corrected chi connectivity index (χ4v) is 1.05. The van der Waals surface area contributed by atoms with E-state index in [2.05, 4.69) is 0 Å². The van der Waals surface area contributed by atoms with Crippen LogP contribution in [-0.2, 0) is 0 Å². The van der Waals surface area contributed by atoms with Crippen molar-refractivity contribution in [1.82, 2.24) is 0 Å². The lowest BCUT2D eigenvalue weighted by atomic mass is 10.1. The summed E-state index contributed by atoms with van der Waals surface area (Å²) in [5.74, 6) is -1.16. The lowest BCUT2D eigenvalue weighted by Gasteiger charge is -2.00. The Hall–Kier alpha value is -1.69. The first-order valence-corrected chi connectivity index (χ1v) is 4.14. The molecule has 1 rings (SSSR count). The first-order chi connectivity index (χ1) is 6.65. The number of rotatable bonds is 2. The molecular formula is C11H9F2N. The van der Waals surface area contributed by atoms with Crippen LogP contribution in [0.4, 0.5) is 8.78 Å². The normalized spacial score (nSPS) is 10.4. The molecule has 0 aliphatic heterocycles. The maximum Gasteiger partial charge on any atom is 0.133 e. The second kappa shape index (κ2) is 4.52. The molecule has 14 heavy (non-hydrogen) atoms. The van der Waals surface area contributed by atoms with Crippen LogP contribution in [0.15, 0.2) is 18.2 Å². The monoisotopic (exact) mass is 193 g/mol. The Bertz CT molecular complexity index is 402. The summed E-state index contributed by atoms with van der Waals surface area (Å²) in [6.45, 7) is 1.57. The fraction of sp³-hybridized carbons (Fsp3) is 0.182. The SMILES string of the molecule is Cc1cc(C=CCC#N)c(F)cc1F. The van der Waals surface area contributed by atoms with Crippen LogP contribution in [0.1, 0.15) is 17.5 Å². The van der Waals surface area contributed by atoms with Gasteiger partial charge in [0.05, 0.1) is 12.5 Å². The lowest BCUT2D eigenvalue weighted by molar-refractivity contribution is 0.576. The minimum atomic E-state index is -0.609. The highest BCUT2D eigenvalue weighted by atomic mass is 19.1. The summed E-state index contributed by atoms with van der Waals surface area (Å²) >= 11 is 0. The topological polar surface area (TPSA) is 23.8 Å². The summed E-state index contributed by atoms with van der Waals surface area (Å²) in [7, 11) is 0. The van der Waals surface area contributed by atoms with Crippen molar-refractivity contribution in [3.8, 4) is 6.07 Å². The second-order valence-corrected chi connectivity index (χ2v) is 2.89. The summed E-state index contributed by atoms with van der Waals surface area (Å²) in [5, 5.41) is 8.26. The molecule has 0 heterocycles. The Morgan fingerprint density at radius 2 is 2.07 bits per heavy atom. The predicted octanol–water partition coefficient (Wildman–Crippen LogP) is 3.20. The largest absolute Gasteiger partial charge is 0.207 e. The molecule has 0 aliphatic rings. The van der Waals surface area contributed by atoms with Crippen molar-refractivity contribution in [3.63, 3.8) is 0 Å². The quantitative estimate of drug-likeness (QED) is 0.707. The zero-order valence-electron chi connectivity index (χ0n) is 7.72. The summed E-state index contributed by atoms with van der Waals surface area (Å²) in [5.41, 5.74) is 0.696. The van der Waals surface area contributed by atoms with Crippen LogP contribution in [0.3, 0.4) is 0 Å². The van der Waals surface area contributed by atoms with Crippen molar-refractivity contribution < 1.29 is 8.78 Å². The van der Waals surface area contributed by atoms with E-state index in [1.165, 1.54) is 18.2 Å². The van der Waals surface area contributed by atoms with Gasteiger partial charge in [0.2, 0.25) is 0 Å². The molecular weight excluding hydrogens is 184 g/mol. The molecule has 0 bridgehead atoms. The summed E-state index contributed by atoms with van der Waals surface area (Å²) in [6.07, 6.45) is 3.23. The van der Waals surface area contributed by atoms with Crippen LogP contribution in [0.5, 0.6) is 0 Å². The average Bonchev–Trinajstić information content (AvgIpc) is 2.14. The average molecular weight is 193 g/mol. The van der Waals surface area contributed by atoms with Gasteiger partial charge in [-0.2, -0.15) is 5.26 Å². The van der Waals surface area contributed by atoms with Gasteiger partial charge < -0.3 is 0 Å². The Kier molecular flexibility index (Phi) is 3.35. The van der Waals surface area contributed by atoms with Crippen LogP contribution < -0.4 is 0 Å². The fourth-order valence-electron chi connectivity index (χ4n) is 1.05. The van der Waals surface area contributed by atoms with Crippen molar-refractivity contribution in [1.29, 1.82) is 5.26 Å². The zero-order valence-corrected chi connectivity index (χ0v) is 7.72. The Morgan fingerprint density at radius 1 is 1.36 bits per heavy atom. The minimum Gasteiger partial charge on any atom is -0.207 e. The Balaban J connectivity index is 2.99. The molecule has 0 radical (unpaired) electrons. The molecule has 72 valence electrons. The zero-order chi connectivity index (χ0) is 10.6. The first kappa shape index (κ1) is 10.4. The van der Waals surface area contributed by atoms with E-state index in [9.17, 15) is 8.78 Å². The highest BCUT2D eigenvalue weighted by Gasteiger charge is 2.03. The van der Waals surface area contributed by atoms with Gasteiger partial charge in [0.15, 0.2) is 0 Å². The van der Waals surface area contributed by atoms with Crippen molar-refractivity contribution in [2.75, 3.05) is 0 Å². The molecule has 0 amide bonds. The number of aryl methyl sites for hydroxylation is 1. The van der Waals surface area contributed by atoms with Gasteiger partial charge in [0.25, 0.3) is 0 Å². The highest BCUT2D eigenvalue weighted by Crippen LogP contribution is 2.15. The van der Waals surface area contributed by atoms with E-state index in [4.69, 9.17) is 5.26 Å². The third kappa shape index (κ3) is 2.40. The van der Waals surface area contributed by atoms with Crippen molar-refractivity contribution in [3.05, 3.63) is 41.0 Å². The molecule has 0 spiro atoms. The van der Waals surface area contributed by atoms with E-state index in [0.29, 0.717) is 11.1 Å². The van der Waals surface area contributed by atoms with Crippen molar-refractivity contribution in [2.24, 2.45) is 0 Å². The number of nitriles is 1. The van der Waals surface area contributed by atoms with Crippen LogP contribution in [-0.4, -0.2) is 0 Å². The molecule has 0 aliphatic carbocycles. The second-order valence-electron chi connectivity index (χ2n) is 2.89. The smallest absolute Gasteiger partial charge is 0.133 e. The van der Waals surface area contributed by atoms with Crippen LogP contribution in [0.25, 0.3) is 6.08 Å². The number of halogens is 2. The van der Waals surface area contributed by atoms with Crippen LogP contribution in [0, 0.1) is 29.9 Å². The van der Waals surface area contributed by atoms with E-state index < -0.39 is 11.6 Å². The maximum atomic E-state index is 13.1. The Morgan fingerprint density at radius 3 is 2.71 bits per heavy atom. The summed E-state index contributed by atoms with van der Waals surface area (Å²) < 4.78 is 25.9. The van der Waals surface area contributed by atoms with Gasteiger partial charge in [-0.15, -0.1) is 0 Å². The van der Waals surface area contributed by atoms with Crippen LogP contribution in [0.2, 0.25) is 0 Å². The van der Waals surface area contributed by atoms with Gasteiger partial charge in [-0.3, -0.25) is 0 Å². The summed E-state index contributed by atoms with van der Waals surface area (Å²) in [6, 6.07) is 4.16. The van der Waals surface area contributed by atoms with Gasteiger partial charge >= 0.3 is 0 Å². The number of nitrogens with zero attached hydrogens (tertiary/aromatic N) is 1.